The van der Waals surface area contributed by atoms with Crippen LogP contribution in [0.3, 0.4) is 0 Å². The number of benzene rings is 1. The molecule has 0 bridgehead atoms. The molecule has 1 fully saturated rings. The van der Waals surface area contributed by atoms with Crippen LogP contribution >= 0.6 is 11.6 Å². The summed E-state index contributed by atoms with van der Waals surface area (Å²) in [6.45, 7) is 4.38. The fraction of sp³-hybridized carbons (Fsp3) is 0.571. The molecule has 1 aromatic rings. The highest BCUT2D eigenvalue weighted by Gasteiger charge is 2.15. The molecule has 2 nitrogen and oxygen atoms in total. The number of hydrogen-bond acceptors (Lipinski definition) is 2. The molecular formula is C14H21ClN2. The monoisotopic (exact) mass is 252 g/mol. The van der Waals surface area contributed by atoms with Crippen LogP contribution in [0.1, 0.15) is 30.7 Å². The van der Waals surface area contributed by atoms with Crippen molar-refractivity contribution < 1.29 is 0 Å². The lowest BCUT2D eigenvalue weighted by Gasteiger charge is -2.20. The first-order chi connectivity index (χ1) is 8.29. The molecule has 3 heteroatoms. The summed E-state index contributed by atoms with van der Waals surface area (Å²) in [5, 5.41) is 0.808. The fourth-order valence-corrected chi connectivity index (χ4v) is 2.72. The molecule has 1 saturated heterocycles. The Morgan fingerprint density at radius 1 is 1.29 bits per heavy atom. The van der Waals surface area contributed by atoms with Gasteiger partial charge in [0.2, 0.25) is 0 Å². The van der Waals surface area contributed by atoms with Gasteiger partial charge in [0.15, 0.2) is 0 Å². The highest BCUT2D eigenvalue weighted by Crippen LogP contribution is 2.22. The summed E-state index contributed by atoms with van der Waals surface area (Å²) >= 11 is 6.02. The Hall–Kier alpha value is -0.570. The molecular weight excluding hydrogens is 232 g/mol. The quantitative estimate of drug-likeness (QED) is 0.873. The third-order valence-electron chi connectivity index (χ3n) is 3.60. The maximum Gasteiger partial charge on any atom is 0.0408 e. The molecule has 0 aliphatic carbocycles. The van der Waals surface area contributed by atoms with Crippen molar-refractivity contribution in [1.82, 2.24) is 4.90 Å². The highest BCUT2D eigenvalue weighted by molar-refractivity contribution is 6.30. The standard InChI is InChI=1S/C14H21ClN2/c15-14-5-3-4-12(10-14)13(11-16)6-9-17-7-1-2-8-17/h3-5,10,13H,1-2,6-9,11,16H2/t13-/m0/s1. The molecule has 0 unspecified atom stereocenters. The summed E-state index contributed by atoms with van der Waals surface area (Å²) < 4.78 is 0. The van der Waals surface area contributed by atoms with E-state index in [1.54, 1.807) is 0 Å². The van der Waals surface area contributed by atoms with Crippen LogP contribution in [0.5, 0.6) is 0 Å². The molecule has 0 amide bonds. The van der Waals surface area contributed by atoms with Crippen LogP contribution in [-0.4, -0.2) is 31.1 Å². The molecule has 0 aromatic heterocycles. The number of nitrogens with zero attached hydrogens (tertiary/aromatic N) is 1. The minimum atomic E-state index is 0.439. The van der Waals surface area contributed by atoms with Gasteiger partial charge in [-0.05, 0) is 69.1 Å². The van der Waals surface area contributed by atoms with Gasteiger partial charge in [0.05, 0.1) is 0 Å². The van der Waals surface area contributed by atoms with Crippen molar-refractivity contribution in [3.8, 4) is 0 Å². The van der Waals surface area contributed by atoms with Crippen LogP contribution in [0.25, 0.3) is 0 Å². The van der Waals surface area contributed by atoms with Gasteiger partial charge in [0, 0.05) is 5.02 Å². The third kappa shape index (κ3) is 3.70. The Kier molecular flexibility index (Phi) is 4.84. The lowest BCUT2D eigenvalue weighted by molar-refractivity contribution is 0.322. The number of hydrogen-bond donors (Lipinski definition) is 1. The van der Waals surface area contributed by atoms with Crippen molar-refractivity contribution in [3.63, 3.8) is 0 Å². The van der Waals surface area contributed by atoms with Crippen LogP contribution < -0.4 is 5.73 Å². The van der Waals surface area contributed by atoms with Gasteiger partial charge in [-0.3, -0.25) is 0 Å². The van der Waals surface area contributed by atoms with Crippen LogP contribution in [-0.2, 0) is 0 Å². The van der Waals surface area contributed by atoms with E-state index in [0.29, 0.717) is 12.5 Å². The largest absolute Gasteiger partial charge is 0.330 e. The summed E-state index contributed by atoms with van der Waals surface area (Å²) in [4.78, 5) is 2.53. The summed E-state index contributed by atoms with van der Waals surface area (Å²) in [5.41, 5.74) is 7.16. The molecule has 0 radical (unpaired) electrons. The number of halogens is 1. The second kappa shape index (κ2) is 6.39. The molecule has 2 rings (SSSR count). The summed E-state index contributed by atoms with van der Waals surface area (Å²) in [6, 6.07) is 8.10. The molecule has 2 N–H and O–H groups in total. The topological polar surface area (TPSA) is 29.3 Å². The molecule has 1 aromatic carbocycles. The first kappa shape index (κ1) is 12.9. The zero-order chi connectivity index (χ0) is 12.1. The fourth-order valence-electron chi connectivity index (χ4n) is 2.53. The lowest BCUT2D eigenvalue weighted by atomic mass is 9.96. The SMILES string of the molecule is NC[C@H](CCN1CCCC1)c1cccc(Cl)c1. The Morgan fingerprint density at radius 2 is 2.06 bits per heavy atom. The number of nitrogens with two attached hydrogens (primary N) is 1. The average Bonchev–Trinajstić information content (AvgIpc) is 2.83. The normalized spacial score (nSPS) is 18.5. The Morgan fingerprint density at radius 3 is 2.71 bits per heavy atom. The maximum atomic E-state index is 6.02. The molecule has 1 aliphatic heterocycles. The minimum Gasteiger partial charge on any atom is -0.330 e. The van der Waals surface area contributed by atoms with Crippen molar-refractivity contribution >= 4 is 11.6 Å². The predicted octanol–water partition coefficient (Wildman–Crippen LogP) is 2.87. The zero-order valence-corrected chi connectivity index (χ0v) is 11.0. The van der Waals surface area contributed by atoms with Gasteiger partial charge in [-0.15, -0.1) is 0 Å². The first-order valence-electron chi connectivity index (χ1n) is 6.47. The molecule has 1 aliphatic rings. The van der Waals surface area contributed by atoms with Gasteiger partial charge >= 0.3 is 0 Å². The van der Waals surface area contributed by atoms with Crippen molar-refractivity contribution in [2.24, 2.45) is 5.73 Å². The highest BCUT2D eigenvalue weighted by atomic mass is 35.5. The summed E-state index contributed by atoms with van der Waals surface area (Å²) in [5.74, 6) is 0.439. The zero-order valence-electron chi connectivity index (χ0n) is 10.2. The van der Waals surface area contributed by atoms with E-state index in [1.807, 2.05) is 18.2 Å². The van der Waals surface area contributed by atoms with Crippen LogP contribution in [0.2, 0.25) is 5.02 Å². The second-order valence-electron chi connectivity index (χ2n) is 4.83. The molecule has 1 heterocycles. The van der Waals surface area contributed by atoms with Gasteiger partial charge < -0.3 is 10.6 Å². The van der Waals surface area contributed by atoms with Gasteiger partial charge in [0.25, 0.3) is 0 Å². The first-order valence-corrected chi connectivity index (χ1v) is 6.85. The summed E-state index contributed by atoms with van der Waals surface area (Å²) in [7, 11) is 0. The van der Waals surface area contributed by atoms with E-state index in [2.05, 4.69) is 11.0 Å². The lowest BCUT2D eigenvalue weighted by Crippen LogP contribution is -2.24. The maximum absolute atomic E-state index is 6.02. The van der Waals surface area contributed by atoms with Crippen molar-refractivity contribution in [3.05, 3.63) is 34.9 Å². The van der Waals surface area contributed by atoms with Crippen LogP contribution in [0.15, 0.2) is 24.3 Å². The van der Waals surface area contributed by atoms with Crippen molar-refractivity contribution in [1.29, 1.82) is 0 Å². The van der Waals surface area contributed by atoms with E-state index < -0.39 is 0 Å². The number of rotatable bonds is 5. The van der Waals surface area contributed by atoms with Crippen molar-refractivity contribution in [2.45, 2.75) is 25.2 Å². The van der Waals surface area contributed by atoms with E-state index in [-0.39, 0.29) is 0 Å². The van der Waals surface area contributed by atoms with E-state index in [1.165, 1.54) is 31.5 Å². The Labute approximate surface area is 109 Å². The molecule has 17 heavy (non-hydrogen) atoms. The summed E-state index contributed by atoms with van der Waals surface area (Å²) in [6.07, 6.45) is 3.84. The van der Waals surface area contributed by atoms with E-state index in [9.17, 15) is 0 Å². The third-order valence-corrected chi connectivity index (χ3v) is 3.83. The second-order valence-corrected chi connectivity index (χ2v) is 5.26. The number of likely N-dealkylation sites (tertiary alicyclic amines) is 1. The van der Waals surface area contributed by atoms with E-state index in [0.717, 1.165) is 18.0 Å². The van der Waals surface area contributed by atoms with E-state index in [4.69, 9.17) is 17.3 Å². The molecule has 94 valence electrons. The van der Waals surface area contributed by atoms with Gasteiger partial charge in [-0.2, -0.15) is 0 Å². The molecule has 0 saturated carbocycles. The predicted molar refractivity (Wildman–Crippen MR) is 73.5 cm³/mol. The van der Waals surface area contributed by atoms with Crippen molar-refractivity contribution in [2.75, 3.05) is 26.2 Å². The van der Waals surface area contributed by atoms with E-state index >= 15 is 0 Å². The average molecular weight is 253 g/mol. The Bertz CT molecular complexity index is 348. The van der Waals surface area contributed by atoms with Gasteiger partial charge in [-0.1, -0.05) is 23.7 Å². The van der Waals surface area contributed by atoms with Gasteiger partial charge in [0.1, 0.15) is 0 Å². The van der Waals surface area contributed by atoms with Gasteiger partial charge in [-0.25, -0.2) is 0 Å². The molecule has 1 atom stereocenters. The minimum absolute atomic E-state index is 0.439. The Balaban J connectivity index is 1.91. The van der Waals surface area contributed by atoms with Crippen LogP contribution in [0.4, 0.5) is 0 Å². The van der Waals surface area contributed by atoms with Crippen LogP contribution in [0, 0.1) is 0 Å². The smallest absolute Gasteiger partial charge is 0.0408 e. The molecule has 0 spiro atoms.